The van der Waals surface area contributed by atoms with Crippen LogP contribution in [0.2, 0.25) is 0 Å². The third-order valence-electron chi connectivity index (χ3n) is 1.78. The predicted octanol–water partition coefficient (Wildman–Crippen LogP) is -0.467. The quantitative estimate of drug-likeness (QED) is 0.414. The molecule has 0 aliphatic heterocycles. The zero-order valence-corrected chi connectivity index (χ0v) is 9.00. The molecular formula is C10H13N5O2. The number of carbonyl (C=O) groups is 1. The lowest BCUT2D eigenvalue weighted by Gasteiger charge is -1.99. The minimum absolute atomic E-state index is 0.0343. The van der Waals surface area contributed by atoms with Crippen LogP contribution < -0.4 is 17.2 Å². The van der Waals surface area contributed by atoms with Crippen molar-refractivity contribution in [2.24, 2.45) is 27.2 Å². The van der Waals surface area contributed by atoms with Crippen molar-refractivity contribution in [2.45, 2.75) is 6.42 Å². The summed E-state index contributed by atoms with van der Waals surface area (Å²) >= 11 is 0. The minimum Gasteiger partial charge on any atom is -0.481 e. The lowest BCUT2D eigenvalue weighted by atomic mass is 10.1. The van der Waals surface area contributed by atoms with Gasteiger partial charge in [0.2, 0.25) is 5.96 Å². The van der Waals surface area contributed by atoms with Gasteiger partial charge in [0.1, 0.15) is 0 Å². The zero-order chi connectivity index (χ0) is 12.8. The van der Waals surface area contributed by atoms with Crippen molar-refractivity contribution in [2.75, 3.05) is 0 Å². The number of nitrogens with two attached hydrogens (primary N) is 3. The van der Waals surface area contributed by atoms with Crippen LogP contribution in [0.15, 0.2) is 34.3 Å². The number of hydrogen-bond acceptors (Lipinski definition) is 2. The highest BCUT2D eigenvalue weighted by Crippen LogP contribution is 2.13. The van der Waals surface area contributed by atoms with Gasteiger partial charge in [-0.1, -0.05) is 12.1 Å². The molecular weight excluding hydrogens is 222 g/mol. The molecule has 0 unspecified atom stereocenters. The van der Waals surface area contributed by atoms with Gasteiger partial charge >= 0.3 is 5.97 Å². The monoisotopic (exact) mass is 235 g/mol. The van der Waals surface area contributed by atoms with Crippen LogP contribution in [0.4, 0.5) is 5.69 Å². The van der Waals surface area contributed by atoms with Crippen LogP contribution in [0, 0.1) is 0 Å². The molecule has 0 amide bonds. The van der Waals surface area contributed by atoms with Gasteiger partial charge in [-0.25, -0.2) is 4.99 Å². The molecule has 0 bridgehead atoms. The molecule has 0 saturated heterocycles. The van der Waals surface area contributed by atoms with E-state index in [-0.39, 0.29) is 18.3 Å². The summed E-state index contributed by atoms with van der Waals surface area (Å²) in [5.41, 5.74) is 16.9. The van der Waals surface area contributed by atoms with Gasteiger partial charge in [0.25, 0.3) is 0 Å². The van der Waals surface area contributed by atoms with Crippen LogP contribution in [-0.4, -0.2) is 23.0 Å². The number of rotatable bonds is 3. The summed E-state index contributed by atoms with van der Waals surface area (Å²) in [6, 6.07) is 6.56. The normalized spacial score (nSPS) is 10.9. The first-order valence-electron chi connectivity index (χ1n) is 4.72. The summed E-state index contributed by atoms with van der Waals surface area (Å²) in [5.74, 6) is -1.12. The molecule has 0 aliphatic carbocycles. The Morgan fingerprint density at radius 2 is 1.76 bits per heavy atom. The van der Waals surface area contributed by atoms with Gasteiger partial charge in [0, 0.05) is 0 Å². The van der Waals surface area contributed by atoms with Gasteiger partial charge in [-0.05, 0) is 17.7 Å². The first-order valence-corrected chi connectivity index (χ1v) is 4.72. The van der Waals surface area contributed by atoms with Gasteiger partial charge < -0.3 is 22.3 Å². The van der Waals surface area contributed by atoms with Gasteiger partial charge in [-0.3, -0.25) is 4.79 Å². The van der Waals surface area contributed by atoms with Crippen molar-refractivity contribution < 1.29 is 9.90 Å². The fourth-order valence-electron chi connectivity index (χ4n) is 1.15. The fraction of sp³-hybridized carbons (Fsp3) is 0.100. The fourth-order valence-corrected chi connectivity index (χ4v) is 1.15. The van der Waals surface area contributed by atoms with Crippen molar-refractivity contribution in [1.82, 2.24) is 0 Å². The van der Waals surface area contributed by atoms with E-state index in [4.69, 9.17) is 22.3 Å². The lowest BCUT2D eigenvalue weighted by Crippen LogP contribution is -2.26. The molecule has 1 aromatic carbocycles. The van der Waals surface area contributed by atoms with Crippen LogP contribution in [-0.2, 0) is 11.2 Å². The number of aliphatic imine (C=N–C) groups is 2. The largest absolute Gasteiger partial charge is 0.481 e. The third-order valence-corrected chi connectivity index (χ3v) is 1.78. The van der Waals surface area contributed by atoms with E-state index in [1.54, 1.807) is 24.3 Å². The van der Waals surface area contributed by atoms with Crippen LogP contribution in [0.3, 0.4) is 0 Å². The summed E-state index contributed by atoms with van der Waals surface area (Å²) in [4.78, 5) is 17.9. The molecule has 0 radical (unpaired) electrons. The van der Waals surface area contributed by atoms with Crippen LogP contribution in [0.1, 0.15) is 5.56 Å². The molecule has 0 heterocycles. The predicted molar refractivity (Wildman–Crippen MR) is 64.9 cm³/mol. The molecule has 0 aromatic heterocycles. The summed E-state index contributed by atoms with van der Waals surface area (Å²) in [7, 11) is 0. The van der Waals surface area contributed by atoms with E-state index in [2.05, 4.69) is 9.98 Å². The number of nitrogens with zero attached hydrogens (tertiary/aromatic N) is 2. The Morgan fingerprint density at radius 1 is 1.18 bits per heavy atom. The summed E-state index contributed by atoms with van der Waals surface area (Å²) < 4.78 is 0. The number of aliphatic carboxylic acids is 1. The molecule has 0 aliphatic rings. The molecule has 7 N–H and O–H groups in total. The van der Waals surface area contributed by atoms with Crippen LogP contribution in [0.5, 0.6) is 0 Å². The number of hydrogen-bond donors (Lipinski definition) is 4. The van der Waals surface area contributed by atoms with E-state index in [9.17, 15) is 4.79 Å². The molecule has 17 heavy (non-hydrogen) atoms. The highest BCUT2D eigenvalue weighted by Gasteiger charge is 2.00. The second kappa shape index (κ2) is 5.50. The van der Waals surface area contributed by atoms with E-state index < -0.39 is 5.97 Å². The lowest BCUT2D eigenvalue weighted by molar-refractivity contribution is -0.136. The molecule has 1 aromatic rings. The van der Waals surface area contributed by atoms with Crippen molar-refractivity contribution in [3.63, 3.8) is 0 Å². The molecule has 7 heteroatoms. The van der Waals surface area contributed by atoms with Crippen LogP contribution >= 0.6 is 0 Å². The average molecular weight is 235 g/mol. The summed E-state index contributed by atoms with van der Waals surface area (Å²) in [6.07, 6.45) is -0.0343. The molecule has 0 fully saturated rings. The smallest absolute Gasteiger partial charge is 0.307 e. The van der Waals surface area contributed by atoms with Crippen molar-refractivity contribution in [1.29, 1.82) is 0 Å². The standard InChI is InChI=1S/C10H13N5O2/c11-9(12)15-10(13)14-7-3-1-6(2-4-7)5-8(16)17/h1-4H,5H2,(H,16,17)(H6,11,12,13,14,15). The third kappa shape index (κ3) is 4.65. The Bertz CT molecular complexity index is 460. The Kier molecular flexibility index (Phi) is 4.04. The van der Waals surface area contributed by atoms with Gasteiger partial charge in [-0.15, -0.1) is 0 Å². The first-order chi connectivity index (χ1) is 7.97. The molecule has 7 nitrogen and oxygen atoms in total. The Labute approximate surface area is 97.7 Å². The number of carboxylic acid groups (broad SMARTS) is 1. The number of benzene rings is 1. The summed E-state index contributed by atoms with van der Waals surface area (Å²) in [5, 5.41) is 8.59. The summed E-state index contributed by atoms with van der Waals surface area (Å²) in [6.45, 7) is 0. The van der Waals surface area contributed by atoms with E-state index in [1.807, 2.05) is 0 Å². The average Bonchev–Trinajstić information content (AvgIpc) is 2.18. The number of carboxylic acids is 1. The van der Waals surface area contributed by atoms with Gasteiger partial charge in [-0.2, -0.15) is 4.99 Å². The maximum Gasteiger partial charge on any atom is 0.307 e. The van der Waals surface area contributed by atoms with Gasteiger partial charge in [0.15, 0.2) is 5.96 Å². The molecule has 90 valence electrons. The van der Waals surface area contributed by atoms with E-state index in [0.29, 0.717) is 11.3 Å². The van der Waals surface area contributed by atoms with Crippen molar-refractivity contribution in [3.8, 4) is 0 Å². The zero-order valence-electron chi connectivity index (χ0n) is 9.00. The minimum atomic E-state index is -0.888. The van der Waals surface area contributed by atoms with Crippen LogP contribution in [0.25, 0.3) is 0 Å². The van der Waals surface area contributed by atoms with E-state index in [0.717, 1.165) is 0 Å². The topological polar surface area (TPSA) is 140 Å². The SMILES string of the molecule is NC(N)=NC(N)=Nc1ccc(CC(=O)O)cc1. The highest BCUT2D eigenvalue weighted by atomic mass is 16.4. The second-order valence-electron chi connectivity index (χ2n) is 3.24. The Morgan fingerprint density at radius 3 is 2.24 bits per heavy atom. The van der Waals surface area contributed by atoms with E-state index in [1.165, 1.54) is 0 Å². The Hall–Kier alpha value is -2.57. The van der Waals surface area contributed by atoms with E-state index >= 15 is 0 Å². The molecule has 0 saturated carbocycles. The molecule has 0 spiro atoms. The van der Waals surface area contributed by atoms with Crippen molar-refractivity contribution in [3.05, 3.63) is 29.8 Å². The maximum atomic E-state index is 10.5. The second-order valence-corrected chi connectivity index (χ2v) is 3.24. The van der Waals surface area contributed by atoms with Gasteiger partial charge in [0.05, 0.1) is 12.1 Å². The number of guanidine groups is 2. The maximum absolute atomic E-state index is 10.5. The molecule has 0 atom stereocenters. The molecule has 1 rings (SSSR count). The first kappa shape index (κ1) is 12.5. The Balaban J connectivity index is 2.81. The van der Waals surface area contributed by atoms with Crippen molar-refractivity contribution >= 4 is 23.6 Å². The highest BCUT2D eigenvalue weighted by molar-refractivity contribution is 5.93.